The fraction of sp³-hybridized carbons (Fsp3) is 0.300. The maximum absolute atomic E-state index is 14.8. The summed E-state index contributed by atoms with van der Waals surface area (Å²) in [5.41, 5.74) is 0.317. The van der Waals surface area contributed by atoms with Crippen LogP contribution in [0.5, 0.6) is 0 Å². The number of benzene rings is 2. The third kappa shape index (κ3) is 2.08. The average molecular weight is 357 g/mol. The second kappa shape index (κ2) is 5.19. The van der Waals surface area contributed by atoms with Gasteiger partial charge in [0.25, 0.3) is 0 Å². The summed E-state index contributed by atoms with van der Waals surface area (Å²) < 4.78 is 43.9. The predicted molar refractivity (Wildman–Crippen MR) is 95.1 cm³/mol. The van der Waals surface area contributed by atoms with Gasteiger partial charge in [-0.3, -0.25) is 9.56 Å². The number of aromatic nitrogens is 2. The van der Waals surface area contributed by atoms with E-state index in [0.29, 0.717) is 22.5 Å². The van der Waals surface area contributed by atoms with Crippen LogP contribution in [0.4, 0.5) is 13.2 Å². The van der Waals surface area contributed by atoms with Crippen LogP contribution in [0.15, 0.2) is 41.7 Å². The highest BCUT2D eigenvalue weighted by atomic mass is 19.2. The largest absolute Gasteiger partial charge is 0.283 e. The summed E-state index contributed by atoms with van der Waals surface area (Å²) in [4.78, 5) is 8.86. The van der Waals surface area contributed by atoms with E-state index in [0.717, 1.165) is 6.07 Å². The van der Waals surface area contributed by atoms with Crippen LogP contribution >= 0.6 is 0 Å². The molecule has 0 unspecified atom stereocenters. The molecule has 26 heavy (non-hydrogen) atoms. The molecule has 0 amide bonds. The van der Waals surface area contributed by atoms with Gasteiger partial charge in [-0.2, -0.15) is 0 Å². The van der Waals surface area contributed by atoms with E-state index in [2.05, 4.69) is 4.98 Å². The van der Waals surface area contributed by atoms with E-state index in [9.17, 15) is 13.2 Å². The quantitative estimate of drug-likeness (QED) is 0.567. The van der Waals surface area contributed by atoms with E-state index < -0.39 is 22.6 Å². The van der Waals surface area contributed by atoms with Gasteiger partial charge in [0.15, 0.2) is 11.6 Å². The van der Waals surface area contributed by atoms with Gasteiger partial charge in [0.2, 0.25) is 0 Å². The number of hydrogen-bond acceptors (Lipinski definition) is 2. The molecule has 2 aromatic carbocycles. The Morgan fingerprint density at radius 1 is 0.923 bits per heavy atom. The fourth-order valence-electron chi connectivity index (χ4n) is 3.49. The summed E-state index contributed by atoms with van der Waals surface area (Å²) in [5, 5.41) is 0. The number of imidazole rings is 1. The van der Waals surface area contributed by atoms with Gasteiger partial charge in [0.1, 0.15) is 23.5 Å². The summed E-state index contributed by atoms with van der Waals surface area (Å²) in [6.07, 6.45) is 1.40. The van der Waals surface area contributed by atoms with E-state index in [1.165, 1.54) is 18.5 Å². The Balaban J connectivity index is 2.06. The predicted octanol–water partition coefficient (Wildman–Crippen LogP) is 4.82. The molecule has 1 aliphatic rings. The molecule has 0 atom stereocenters. The maximum atomic E-state index is 14.8. The summed E-state index contributed by atoms with van der Waals surface area (Å²) in [5.74, 6) is -1.80. The third-order valence-corrected chi connectivity index (χ3v) is 5.63. The monoisotopic (exact) mass is 357 g/mol. The first-order valence-corrected chi connectivity index (χ1v) is 8.36. The lowest BCUT2D eigenvalue weighted by molar-refractivity contribution is 0.292. The van der Waals surface area contributed by atoms with E-state index >= 15 is 0 Å². The van der Waals surface area contributed by atoms with E-state index in [-0.39, 0.29) is 11.3 Å². The first kappa shape index (κ1) is 16.8. The zero-order valence-corrected chi connectivity index (χ0v) is 14.9. The van der Waals surface area contributed by atoms with Gasteiger partial charge in [-0.1, -0.05) is 26.0 Å². The molecule has 0 bridgehead atoms. The van der Waals surface area contributed by atoms with Crippen LogP contribution in [0.3, 0.4) is 0 Å². The standard InChI is InChI=1S/C20H18F3N3/c1-19(2)15-11(6-5-7-12(15)21)18(25-20(19,3)4)26-10-24-17-14(26)9-8-13(22)16(17)23/h5-10H,1-4H3. The molecule has 4 rings (SSSR count). The first-order valence-electron chi connectivity index (χ1n) is 8.36. The van der Waals surface area contributed by atoms with Crippen LogP contribution in [0.25, 0.3) is 11.0 Å². The Morgan fingerprint density at radius 2 is 1.65 bits per heavy atom. The van der Waals surface area contributed by atoms with E-state index in [1.54, 1.807) is 16.7 Å². The minimum atomic E-state index is -1.00. The van der Waals surface area contributed by atoms with Gasteiger partial charge in [-0.15, -0.1) is 0 Å². The summed E-state index contributed by atoms with van der Waals surface area (Å²) >= 11 is 0. The van der Waals surface area contributed by atoms with Crippen molar-refractivity contribution in [3.63, 3.8) is 0 Å². The molecule has 0 saturated carbocycles. The fourth-order valence-corrected chi connectivity index (χ4v) is 3.49. The van der Waals surface area contributed by atoms with Crippen LogP contribution in [-0.4, -0.2) is 20.9 Å². The molecule has 0 aliphatic carbocycles. The molecule has 0 spiro atoms. The molecule has 0 radical (unpaired) electrons. The number of hydrogen-bond donors (Lipinski definition) is 0. The highest BCUT2D eigenvalue weighted by Gasteiger charge is 2.46. The average Bonchev–Trinajstić information content (AvgIpc) is 2.99. The van der Waals surface area contributed by atoms with Crippen LogP contribution in [-0.2, 0) is 5.41 Å². The Kier molecular flexibility index (Phi) is 3.36. The van der Waals surface area contributed by atoms with Crippen molar-refractivity contribution in [3.8, 4) is 0 Å². The van der Waals surface area contributed by atoms with Gasteiger partial charge >= 0.3 is 0 Å². The molecule has 3 nitrogen and oxygen atoms in total. The van der Waals surface area contributed by atoms with Crippen LogP contribution in [0, 0.1) is 17.5 Å². The molecule has 0 saturated heterocycles. The SMILES string of the molecule is CC1(C)N=C(n2cnc3c(F)c(F)ccc32)c2cccc(F)c2C1(C)C. The molecule has 2 heterocycles. The first-order chi connectivity index (χ1) is 12.1. The van der Waals surface area contributed by atoms with Crippen molar-refractivity contribution in [1.29, 1.82) is 0 Å². The van der Waals surface area contributed by atoms with Gasteiger partial charge < -0.3 is 0 Å². The Morgan fingerprint density at radius 3 is 2.38 bits per heavy atom. The van der Waals surface area contributed by atoms with Gasteiger partial charge in [-0.05, 0) is 32.0 Å². The summed E-state index contributed by atoms with van der Waals surface area (Å²) in [6, 6.07) is 7.36. The van der Waals surface area contributed by atoms with Crippen molar-refractivity contribution in [2.24, 2.45) is 4.99 Å². The Hall–Kier alpha value is -2.63. The molecule has 134 valence electrons. The molecule has 1 aliphatic heterocycles. The molecule has 3 aromatic rings. The lowest BCUT2D eigenvalue weighted by atomic mass is 9.66. The highest BCUT2D eigenvalue weighted by Crippen LogP contribution is 2.44. The molecule has 1 aromatic heterocycles. The van der Waals surface area contributed by atoms with Crippen molar-refractivity contribution in [2.45, 2.75) is 38.6 Å². The minimum absolute atomic E-state index is 0.0757. The van der Waals surface area contributed by atoms with E-state index in [1.807, 2.05) is 27.7 Å². The molecule has 0 N–H and O–H groups in total. The van der Waals surface area contributed by atoms with Crippen molar-refractivity contribution < 1.29 is 13.2 Å². The van der Waals surface area contributed by atoms with Gasteiger partial charge in [0, 0.05) is 16.5 Å². The lowest BCUT2D eigenvalue weighted by Crippen LogP contribution is -2.47. The van der Waals surface area contributed by atoms with Crippen molar-refractivity contribution in [2.75, 3.05) is 0 Å². The smallest absolute Gasteiger partial charge is 0.186 e. The number of rotatable bonds is 0. The Labute approximate surface area is 149 Å². The number of aliphatic imine (C=N–C) groups is 1. The minimum Gasteiger partial charge on any atom is -0.283 e. The van der Waals surface area contributed by atoms with Gasteiger partial charge in [0.05, 0.1) is 11.1 Å². The number of fused-ring (bicyclic) bond motifs is 2. The maximum Gasteiger partial charge on any atom is 0.186 e. The van der Waals surface area contributed by atoms with Crippen molar-refractivity contribution in [3.05, 3.63) is 65.2 Å². The van der Waals surface area contributed by atoms with Crippen molar-refractivity contribution in [1.82, 2.24) is 9.55 Å². The topological polar surface area (TPSA) is 30.2 Å². The zero-order valence-electron chi connectivity index (χ0n) is 14.9. The summed E-state index contributed by atoms with van der Waals surface area (Å²) in [7, 11) is 0. The molecular formula is C20H18F3N3. The summed E-state index contributed by atoms with van der Waals surface area (Å²) in [6.45, 7) is 7.77. The highest BCUT2D eigenvalue weighted by molar-refractivity contribution is 6.07. The van der Waals surface area contributed by atoms with Crippen LogP contribution < -0.4 is 0 Å². The molecule has 0 fully saturated rings. The van der Waals surface area contributed by atoms with Gasteiger partial charge in [-0.25, -0.2) is 18.2 Å². The van der Waals surface area contributed by atoms with Crippen LogP contribution in [0.2, 0.25) is 0 Å². The number of nitrogens with zero attached hydrogens (tertiary/aromatic N) is 3. The van der Waals surface area contributed by atoms with Crippen molar-refractivity contribution >= 4 is 16.9 Å². The number of halogens is 3. The normalized spacial score (nSPS) is 17.9. The second-order valence-electron chi connectivity index (χ2n) is 7.63. The van der Waals surface area contributed by atoms with E-state index in [4.69, 9.17) is 4.99 Å². The second-order valence-corrected chi connectivity index (χ2v) is 7.63. The van der Waals surface area contributed by atoms with Crippen LogP contribution in [0.1, 0.15) is 38.8 Å². The molecule has 6 heteroatoms. The lowest BCUT2D eigenvalue weighted by Gasteiger charge is -2.44. The molecular weight excluding hydrogens is 339 g/mol. The third-order valence-electron chi connectivity index (χ3n) is 5.63. The Bertz CT molecular complexity index is 1080. The zero-order chi connectivity index (χ0) is 18.9.